The molecule has 0 bridgehead atoms. The Morgan fingerprint density at radius 3 is 2.55 bits per heavy atom. The molecule has 20 heavy (non-hydrogen) atoms. The second-order valence-electron chi connectivity index (χ2n) is 4.55. The van der Waals surface area contributed by atoms with Crippen LogP contribution in [0.25, 0.3) is 0 Å². The summed E-state index contributed by atoms with van der Waals surface area (Å²) < 4.78 is 36.5. The lowest BCUT2D eigenvalue weighted by atomic mass is 10.1. The van der Waals surface area contributed by atoms with Gasteiger partial charge < -0.3 is 15.5 Å². The third-order valence-corrected chi connectivity index (χ3v) is 3.06. The van der Waals surface area contributed by atoms with Crippen molar-refractivity contribution < 1.29 is 18.0 Å². The second kappa shape index (κ2) is 6.13. The van der Waals surface area contributed by atoms with Crippen LogP contribution in [-0.2, 0) is 0 Å². The van der Waals surface area contributed by atoms with Gasteiger partial charge in [0.05, 0.1) is 5.56 Å². The number of hydrogen-bond donors (Lipinski definition) is 2. The summed E-state index contributed by atoms with van der Waals surface area (Å²) in [5.74, 6) is -0.698. The number of para-hydroxylation sites is 1. The van der Waals surface area contributed by atoms with Gasteiger partial charge in [0.25, 0.3) is 5.91 Å². The summed E-state index contributed by atoms with van der Waals surface area (Å²) >= 11 is 0. The van der Waals surface area contributed by atoms with Crippen LogP contribution in [0.4, 0.5) is 18.9 Å². The summed E-state index contributed by atoms with van der Waals surface area (Å²) in [6.07, 6.45) is -4.40. The predicted molar refractivity (Wildman–Crippen MR) is 69.9 cm³/mol. The Bertz CT molecular complexity index is 470. The first-order valence-corrected chi connectivity index (χ1v) is 6.37. The van der Waals surface area contributed by atoms with Crippen LogP contribution < -0.4 is 15.5 Å². The van der Waals surface area contributed by atoms with Gasteiger partial charge in [0.2, 0.25) is 0 Å². The van der Waals surface area contributed by atoms with Crippen molar-refractivity contribution in [2.75, 3.05) is 37.6 Å². The van der Waals surface area contributed by atoms with Crippen LogP contribution in [0.2, 0.25) is 0 Å². The molecule has 0 radical (unpaired) electrons. The predicted octanol–water partition coefficient (Wildman–Crippen LogP) is 1.39. The van der Waals surface area contributed by atoms with E-state index in [9.17, 15) is 18.0 Å². The molecule has 0 atom stereocenters. The molecule has 1 fully saturated rings. The van der Waals surface area contributed by atoms with Gasteiger partial charge in [0.1, 0.15) is 6.54 Å². The van der Waals surface area contributed by atoms with E-state index in [-0.39, 0.29) is 5.56 Å². The molecule has 1 aliphatic heterocycles. The largest absolute Gasteiger partial charge is 0.405 e. The molecule has 0 unspecified atom stereocenters. The van der Waals surface area contributed by atoms with E-state index in [0.29, 0.717) is 5.69 Å². The number of carbonyl (C=O) groups excluding carboxylic acids is 1. The standard InChI is InChI=1S/C13H16F3N3O/c14-13(15,16)9-18-12(20)10-3-1-2-4-11(10)19-7-5-17-6-8-19/h1-4,17H,5-9H2,(H,18,20). The van der Waals surface area contributed by atoms with Crippen LogP contribution in [0.15, 0.2) is 24.3 Å². The highest BCUT2D eigenvalue weighted by Gasteiger charge is 2.28. The van der Waals surface area contributed by atoms with Crippen LogP contribution in [0.3, 0.4) is 0 Å². The second-order valence-corrected chi connectivity index (χ2v) is 4.55. The highest BCUT2D eigenvalue weighted by molar-refractivity contribution is 5.99. The SMILES string of the molecule is O=C(NCC(F)(F)F)c1ccccc1N1CCNCC1. The lowest BCUT2D eigenvalue weighted by molar-refractivity contribution is -0.123. The van der Waals surface area contributed by atoms with E-state index in [4.69, 9.17) is 0 Å². The summed E-state index contributed by atoms with van der Waals surface area (Å²) in [4.78, 5) is 13.9. The van der Waals surface area contributed by atoms with Gasteiger partial charge in [-0.1, -0.05) is 12.1 Å². The summed E-state index contributed by atoms with van der Waals surface area (Å²) in [6, 6.07) is 6.73. The molecule has 0 saturated carbocycles. The first-order chi connectivity index (χ1) is 9.47. The van der Waals surface area contributed by atoms with E-state index in [1.165, 1.54) is 0 Å². The number of rotatable bonds is 3. The van der Waals surface area contributed by atoms with Gasteiger partial charge in [0, 0.05) is 31.9 Å². The minimum atomic E-state index is -4.40. The fourth-order valence-electron chi connectivity index (χ4n) is 2.12. The molecule has 7 heteroatoms. The van der Waals surface area contributed by atoms with E-state index >= 15 is 0 Å². The molecule has 2 rings (SSSR count). The lowest BCUT2D eigenvalue weighted by Gasteiger charge is -2.30. The molecule has 2 N–H and O–H groups in total. The minimum absolute atomic E-state index is 0.277. The molecule has 1 aliphatic rings. The van der Waals surface area contributed by atoms with Crippen molar-refractivity contribution in [3.63, 3.8) is 0 Å². The van der Waals surface area contributed by atoms with Crippen LogP contribution in [0.5, 0.6) is 0 Å². The van der Waals surface area contributed by atoms with E-state index < -0.39 is 18.6 Å². The van der Waals surface area contributed by atoms with Crippen molar-refractivity contribution in [3.05, 3.63) is 29.8 Å². The molecule has 1 heterocycles. The zero-order chi connectivity index (χ0) is 14.6. The maximum atomic E-state index is 12.2. The number of nitrogens with zero attached hydrogens (tertiary/aromatic N) is 1. The fraction of sp³-hybridized carbons (Fsp3) is 0.462. The Hall–Kier alpha value is -1.76. The average Bonchev–Trinajstić information content (AvgIpc) is 2.45. The van der Waals surface area contributed by atoms with Gasteiger partial charge in [-0.3, -0.25) is 4.79 Å². The Labute approximate surface area is 114 Å². The number of hydrogen-bond acceptors (Lipinski definition) is 3. The summed E-state index contributed by atoms with van der Waals surface area (Å²) in [6.45, 7) is 1.71. The molecule has 4 nitrogen and oxygen atoms in total. The molecule has 1 aromatic rings. The average molecular weight is 287 g/mol. The summed E-state index contributed by atoms with van der Waals surface area (Å²) in [5, 5.41) is 5.10. The van der Waals surface area contributed by atoms with Crippen molar-refractivity contribution in [2.45, 2.75) is 6.18 Å². The van der Waals surface area contributed by atoms with Gasteiger partial charge in [-0.15, -0.1) is 0 Å². The van der Waals surface area contributed by atoms with E-state index in [1.54, 1.807) is 24.3 Å². The van der Waals surface area contributed by atoms with Gasteiger partial charge >= 0.3 is 6.18 Å². The fourth-order valence-corrected chi connectivity index (χ4v) is 2.12. The first-order valence-electron chi connectivity index (χ1n) is 6.37. The molecule has 1 amide bonds. The van der Waals surface area contributed by atoms with Crippen LogP contribution in [-0.4, -0.2) is 44.8 Å². The minimum Gasteiger partial charge on any atom is -0.368 e. The van der Waals surface area contributed by atoms with Gasteiger partial charge in [0.15, 0.2) is 0 Å². The third-order valence-electron chi connectivity index (χ3n) is 3.06. The van der Waals surface area contributed by atoms with Crippen LogP contribution in [0.1, 0.15) is 10.4 Å². The van der Waals surface area contributed by atoms with Crippen molar-refractivity contribution in [1.29, 1.82) is 0 Å². The van der Waals surface area contributed by atoms with Crippen molar-refractivity contribution in [1.82, 2.24) is 10.6 Å². The number of benzene rings is 1. The number of carbonyl (C=O) groups is 1. The number of halogens is 3. The summed E-state index contributed by atoms with van der Waals surface area (Å²) in [7, 11) is 0. The molecule has 0 aliphatic carbocycles. The zero-order valence-electron chi connectivity index (χ0n) is 10.8. The first kappa shape index (κ1) is 14.6. The highest BCUT2D eigenvalue weighted by atomic mass is 19.4. The number of nitrogens with one attached hydrogen (secondary N) is 2. The zero-order valence-corrected chi connectivity index (χ0v) is 10.8. The number of alkyl halides is 3. The quantitative estimate of drug-likeness (QED) is 0.883. The van der Waals surface area contributed by atoms with Crippen molar-refractivity contribution >= 4 is 11.6 Å². The Kier molecular flexibility index (Phi) is 4.49. The third kappa shape index (κ3) is 3.86. The molecular formula is C13H16F3N3O. The van der Waals surface area contributed by atoms with Crippen molar-refractivity contribution in [3.8, 4) is 0 Å². The van der Waals surface area contributed by atoms with Gasteiger partial charge in [-0.2, -0.15) is 13.2 Å². The van der Waals surface area contributed by atoms with E-state index in [1.807, 2.05) is 10.2 Å². The maximum Gasteiger partial charge on any atom is 0.405 e. The molecule has 1 saturated heterocycles. The van der Waals surface area contributed by atoms with Crippen molar-refractivity contribution in [2.24, 2.45) is 0 Å². The Morgan fingerprint density at radius 2 is 1.90 bits per heavy atom. The lowest BCUT2D eigenvalue weighted by Crippen LogP contribution is -2.44. The van der Waals surface area contributed by atoms with E-state index in [2.05, 4.69) is 5.32 Å². The topological polar surface area (TPSA) is 44.4 Å². The molecular weight excluding hydrogens is 271 g/mol. The van der Waals surface area contributed by atoms with Gasteiger partial charge in [-0.25, -0.2) is 0 Å². The molecule has 0 spiro atoms. The highest BCUT2D eigenvalue weighted by Crippen LogP contribution is 2.21. The maximum absolute atomic E-state index is 12.2. The molecule has 0 aromatic heterocycles. The molecule has 1 aromatic carbocycles. The Morgan fingerprint density at radius 1 is 1.25 bits per heavy atom. The Balaban J connectivity index is 2.12. The van der Waals surface area contributed by atoms with Crippen LogP contribution in [0, 0.1) is 0 Å². The number of anilines is 1. The van der Waals surface area contributed by atoms with E-state index in [0.717, 1.165) is 26.2 Å². The number of piperazine rings is 1. The van der Waals surface area contributed by atoms with Gasteiger partial charge in [-0.05, 0) is 12.1 Å². The molecule has 110 valence electrons. The number of amides is 1. The monoisotopic (exact) mass is 287 g/mol. The smallest absolute Gasteiger partial charge is 0.368 e. The summed E-state index contributed by atoms with van der Waals surface area (Å²) in [5.41, 5.74) is 0.951. The van der Waals surface area contributed by atoms with Crippen LogP contribution >= 0.6 is 0 Å². The normalized spacial score (nSPS) is 16.1.